The van der Waals surface area contributed by atoms with E-state index < -0.39 is 0 Å². The van der Waals surface area contributed by atoms with E-state index in [9.17, 15) is 0 Å². The molecule has 0 radical (unpaired) electrons. The number of rotatable bonds is 4. The van der Waals surface area contributed by atoms with Gasteiger partial charge in [-0.2, -0.15) is 0 Å². The van der Waals surface area contributed by atoms with E-state index in [2.05, 4.69) is 12.2 Å². The fourth-order valence-electron chi connectivity index (χ4n) is 1.81. The molecule has 0 saturated heterocycles. The van der Waals surface area contributed by atoms with Crippen LogP contribution in [0.2, 0.25) is 0 Å². The first-order chi connectivity index (χ1) is 10.7. The minimum absolute atomic E-state index is 0.901. The molecule has 0 atom stereocenters. The van der Waals surface area contributed by atoms with Crippen LogP contribution >= 0.6 is 0 Å². The van der Waals surface area contributed by atoms with Crippen LogP contribution in [0.1, 0.15) is 25.0 Å². The van der Waals surface area contributed by atoms with Crippen LogP contribution in [-0.4, -0.2) is 14.2 Å². The van der Waals surface area contributed by atoms with Gasteiger partial charge in [-0.1, -0.05) is 48.6 Å². The molecule has 2 nitrogen and oxygen atoms in total. The molecule has 0 aromatic heterocycles. The summed E-state index contributed by atoms with van der Waals surface area (Å²) in [5, 5.41) is 0. The van der Waals surface area contributed by atoms with Crippen molar-refractivity contribution >= 4 is 12.2 Å². The standard InChI is InChI=1S/2C10H12O/c2*1-3-4-9-5-7-10(11-2)8-6-9/h2*3-8H,1-2H3/b2*4-3+. The van der Waals surface area contributed by atoms with Gasteiger partial charge >= 0.3 is 0 Å². The topological polar surface area (TPSA) is 18.5 Å². The summed E-state index contributed by atoms with van der Waals surface area (Å²) < 4.78 is 10.0. The Hall–Kier alpha value is -2.48. The second-order valence-corrected chi connectivity index (χ2v) is 4.55. The Labute approximate surface area is 133 Å². The maximum absolute atomic E-state index is 5.02. The first kappa shape index (κ1) is 17.6. The van der Waals surface area contributed by atoms with Gasteiger partial charge < -0.3 is 9.47 Å². The van der Waals surface area contributed by atoms with Crippen molar-refractivity contribution in [3.63, 3.8) is 0 Å². The Bertz CT molecular complexity index is 523. The highest BCUT2D eigenvalue weighted by Gasteiger charge is 1.88. The maximum Gasteiger partial charge on any atom is 0.118 e. The monoisotopic (exact) mass is 296 g/mol. The van der Waals surface area contributed by atoms with E-state index in [-0.39, 0.29) is 0 Å². The molecule has 116 valence electrons. The van der Waals surface area contributed by atoms with Gasteiger partial charge in [0.1, 0.15) is 11.5 Å². The first-order valence-electron chi connectivity index (χ1n) is 7.27. The quantitative estimate of drug-likeness (QED) is 0.746. The molecule has 2 rings (SSSR count). The third-order valence-corrected chi connectivity index (χ3v) is 2.95. The zero-order chi connectivity index (χ0) is 16.2. The average molecular weight is 296 g/mol. The van der Waals surface area contributed by atoms with Crippen molar-refractivity contribution in [2.45, 2.75) is 13.8 Å². The van der Waals surface area contributed by atoms with Crippen LogP contribution < -0.4 is 9.47 Å². The molecule has 0 heterocycles. The second-order valence-electron chi connectivity index (χ2n) is 4.55. The summed E-state index contributed by atoms with van der Waals surface area (Å²) in [5.41, 5.74) is 2.40. The van der Waals surface area contributed by atoms with Gasteiger partial charge in [0.2, 0.25) is 0 Å². The Balaban J connectivity index is 0.000000220. The number of ether oxygens (including phenoxy) is 2. The molecule has 2 aromatic rings. The van der Waals surface area contributed by atoms with Crippen LogP contribution in [0, 0.1) is 0 Å². The van der Waals surface area contributed by atoms with Crippen LogP contribution in [0.25, 0.3) is 12.2 Å². The van der Waals surface area contributed by atoms with Gasteiger partial charge in [-0.15, -0.1) is 0 Å². The molecule has 0 amide bonds. The highest BCUT2D eigenvalue weighted by atomic mass is 16.5. The smallest absolute Gasteiger partial charge is 0.118 e. The van der Waals surface area contributed by atoms with Crippen LogP contribution in [0.4, 0.5) is 0 Å². The minimum Gasteiger partial charge on any atom is -0.497 e. The van der Waals surface area contributed by atoms with Crippen molar-refractivity contribution in [3.8, 4) is 11.5 Å². The lowest BCUT2D eigenvalue weighted by Gasteiger charge is -1.98. The summed E-state index contributed by atoms with van der Waals surface area (Å²) in [6.07, 6.45) is 8.14. The van der Waals surface area contributed by atoms with E-state index in [4.69, 9.17) is 9.47 Å². The van der Waals surface area contributed by atoms with E-state index >= 15 is 0 Å². The summed E-state index contributed by atoms with van der Waals surface area (Å²) >= 11 is 0. The third-order valence-electron chi connectivity index (χ3n) is 2.95. The fourth-order valence-corrected chi connectivity index (χ4v) is 1.81. The van der Waals surface area contributed by atoms with Gasteiger partial charge in [0.15, 0.2) is 0 Å². The molecule has 22 heavy (non-hydrogen) atoms. The van der Waals surface area contributed by atoms with Crippen LogP contribution in [0.3, 0.4) is 0 Å². The Morgan fingerprint density at radius 2 is 0.909 bits per heavy atom. The lowest BCUT2D eigenvalue weighted by atomic mass is 10.2. The molecular formula is C20H24O2. The molecule has 0 saturated carbocycles. The van der Waals surface area contributed by atoms with Crippen molar-refractivity contribution < 1.29 is 9.47 Å². The molecule has 0 aliphatic carbocycles. The molecular weight excluding hydrogens is 272 g/mol. The van der Waals surface area contributed by atoms with Gasteiger partial charge in [-0.3, -0.25) is 0 Å². The van der Waals surface area contributed by atoms with E-state index in [1.54, 1.807) is 14.2 Å². The molecule has 0 fully saturated rings. The largest absolute Gasteiger partial charge is 0.497 e. The van der Waals surface area contributed by atoms with E-state index in [1.165, 1.54) is 11.1 Å². The van der Waals surface area contributed by atoms with Crippen molar-refractivity contribution in [1.29, 1.82) is 0 Å². The fraction of sp³-hybridized carbons (Fsp3) is 0.200. The summed E-state index contributed by atoms with van der Waals surface area (Å²) in [6.45, 7) is 4.01. The normalized spacial score (nSPS) is 10.4. The van der Waals surface area contributed by atoms with Gasteiger partial charge in [-0.25, -0.2) is 0 Å². The van der Waals surface area contributed by atoms with Crippen LogP contribution in [-0.2, 0) is 0 Å². The molecule has 2 aromatic carbocycles. The van der Waals surface area contributed by atoms with Crippen LogP contribution in [0.15, 0.2) is 60.7 Å². The third kappa shape index (κ3) is 6.31. The lowest BCUT2D eigenvalue weighted by molar-refractivity contribution is 0.414. The van der Waals surface area contributed by atoms with Gasteiger partial charge in [0, 0.05) is 0 Å². The van der Waals surface area contributed by atoms with Gasteiger partial charge in [-0.05, 0) is 49.2 Å². The summed E-state index contributed by atoms with van der Waals surface area (Å²) in [4.78, 5) is 0. The van der Waals surface area contributed by atoms with Crippen molar-refractivity contribution in [1.82, 2.24) is 0 Å². The first-order valence-corrected chi connectivity index (χ1v) is 7.27. The Kier molecular flexibility index (Phi) is 8.21. The zero-order valence-corrected chi connectivity index (χ0v) is 13.7. The summed E-state index contributed by atoms with van der Waals surface area (Å²) in [7, 11) is 3.34. The van der Waals surface area contributed by atoms with Crippen molar-refractivity contribution in [3.05, 3.63) is 71.8 Å². The Morgan fingerprint density at radius 3 is 1.14 bits per heavy atom. The highest BCUT2D eigenvalue weighted by molar-refractivity contribution is 5.50. The van der Waals surface area contributed by atoms with Crippen molar-refractivity contribution in [2.75, 3.05) is 14.2 Å². The molecule has 0 aliphatic rings. The number of benzene rings is 2. The van der Waals surface area contributed by atoms with Crippen molar-refractivity contribution in [2.24, 2.45) is 0 Å². The number of allylic oxidation sites excluding steroid dienone is 2. The maximum atomic E-state index is 5.02. The predicted molar refractivity (Wildman–Crippen MR) is 95.4 cm³/mol. The van der Waals surface area contributed by atoms with Gasteiger partial charge in [0.25, 0.3) is 0 Å². The molecule has 0 bridgehead atoms. The minimum atomic E-state index is 0.901. The lowest BCUT2D eigenvalue weighted by Crippen LogP contribution is -1.80. The number of methoxy groups -OCH3 is 2. The van der Waals surface area contributed by atoms with Gasteiger partial charge in [0.05, 0.1) is 14.2 Å². The van der Waals surface area contributed by atoms with E-state index in [0.717, 1.165) is 11.5 Å². The molecule has 2 heteroatoms. The highest BCUT2D eigenvalue weighted by Crippen LogP contribution is 2.12. The number of hydrogen-bond acceptors (Lipinski definition) is 2. The predicted octanol–water partition coefficient (Wildman–Crippen LogP) is 5.46. The molecule has 0 spiro atoms. The summed E-state index contributed by atoms with van der Waals surface area (Å²) in [6, 6.07) is 15.9. The Morgan fingerprint density at radius 1 is 0.591 bits per heavy atom. The number of hydrogen-bond donors (Lipinski definition) is 0. The average Bonchev–Trinajstić information content (AvgIpc) is 2.57. The van der Waals surface area contributed by atoms with Crippen LogP contribution in [0.5, 0.6) is 11.5 Å². The zero-order valence-electron chi connectivity index (χ0n) is 13.7. The van der Waals surface area contributed by atoms with E-state index in [0.29, 0.717) is 0 Å². The second kappa shape index (κ2) is 10.3. The summed E-state index contributed by atoms with van der Waals surface area (Å²) in [5.74, 6) is 1.80. The van der Waals surface area contributed by atoms with E-state index in [1.807, 2.05) is 74.5 Å². The SMILES string of the molecule is C/C=C/c1ccc(OC)cc1.C/C=C/c1ccc(OC)cc1. The molecule has 0 aliphatic heterocycles. The molecule has 0 N–H and O–H groups in total. The molecule has 0 unspecified atom stereocenters.